The van der Waals surface area contributed by atoms with Gasteiger partial charge in [-0.2, -0.15) is 0 Å². The standard InChI is InChI=1S/C12H17FN2S/c13-9-2-1-3-10-11(9)16-12(15-10)8-4-6-14-7-5-8/h8-9,14H,1-7H2. The first-order valence-electron chi connectivity index (χ1n) is 6.19. The molecule has 1 unspecified atom stereocenters. The maximum Gasteiger partial charge on any atom is 0.136 e. The van der Waals surface area contributed by atoms with Crippen LogP contribution in [0.4, 0.5) is 4.39 Å². The molecule has 2 heterocycles. The fourth-order valence-electron chi connectivity index (χ4n) is 2.63. The molecule has 16 heavy (non-hydrogen) atoms. The first kappa shape index (κ1) is 10.7. The van der Waals surface area contributed by atoms with Gasteiger partial charge in [0.05, 0.1) is 15.6 Å². The van der Waals surface area contributed by atoms with E-state index in [-0.39, 0.29) is 0 Å². The van der Waals surface area contributed by atoms with Crippen molar-refractivity contribution in [2.75, 3.05) is 13.1 Å². The highest BCUT2D eigenvalue weighted by Gasteiger charge is 2.27. The normalized spacial score (nSPS) is 26.7. The fourth-order valence-corrected chi connectivity index (χ4v) is 3.92. The Hall–Kier alpha value is -0.480. The van der Waals surface area contributed by atoms with E-state index in [2.05, 4.69) is 10.3 Å². The lowest BCUT2D eigenvalue weighted by Gasteiger charge is -2.20. The average Bonchev–Trinajstić information content (AvgIpc) is 2.76. The molecule has 0 aromatic carbocycles. The van der Waals surface area contributed by atoms with E-state index in [9.17, 15) is 4.39 Å². The van der Waals surface area contributed by atoms with Gasteiger partial charge in [-0.25, -0.2) is 9.37 Å². The summed E-state index contributed by atoms with van der Waals surface area (Å²) in [5.74, 6) is 0.573. The van der Waals surface area contributed by atoms with Gasteiger partial charge in [-0.1, -0.05) is 0 Å². The molecular weight excluding hydrogens is 223 g/mol. The van der Waals surface area contributed by atoms with Crippen LogP contribution in [-0.2, 0) is 6.42 Å². The van der Waals surface area contributed by atoms with Crippen molar-refractivity contribution in [1.29, 1.82) is 0 Å². The first-order chi connectivity index (χ1) is 7.84. The van der Waals surface area contributed by atoms with Crippen molar-refractivity contribution < 1.29 is 4.39 Å². The number of piperidine rings is 1. The Morgan fingerprint density at radius 1 is 1.25 bits per heavy atom. The minimum atomic E-state index is -0.739. The molecule has 0 bridgehead atoms. The number of thiazole rings is 1. The van der Waals surface area contributed by atoms with E-state index in [4.69, 9.17) is 0 Å². The highest BCUT2D eigenvalue weighted by atomic mass is 32.1. The van der Waals surface area contributed by atoms with Crippen LogP contribution in [0.2, 0.25) is 0 Å². The summed E-state index contributed by atoms with van der Waals surface area (Å²) in [6.45, 7) is 2.15. The molecule has 2 aliphatic rings. The third kappa shape index (κ3) is 1.89. The molecule has 0 amide bonds. The lowest BCUT2D eigenvalue weighted by molar-refractivity contribution is 0.307. The molecule has 0 spiro atoms. The van der Waals surface area contributed by atoms with Gasteiger partial charge in [-0.3, -0.25) is 0 Å². The number of nitrogens with zero attached hydrogens (tertiary/aromatic N) is 1. The summed E-state index contributed by atoms with van der Waals surface area (Å²) in [5.41, 5.74) is 1.05. The molecule has 88 valence electrons. The third-order valence-electron chi connectivity index (χ3n) is 3.59. The minimum Gasteiger partial charge on any atom is -0.317 e. The largest absolute Gasteiger partial charge is 0.317 e. The van der Waals surface area contributed by atoms with Crippen molar-refractivity contribution in [1.82, 2.24) is 10.3 Å². The van der Waals surface area contributed by atoms with Crippen LogP contribution in [0.5, 0.6) is 0 Å². The molecule has 1 aromatic heterocycles. The molecule has 1 fully saturated rings. The predicted octanol–water partition coefficient (Wildman–Crippen LogP) is 2.96. The quantitative estimate of drug-likeness (QED) is 0.816. The third-order valence-corrected chi connectivity index (χ3v) is 4.93. The number of fused-ring (bicyclic) bond motifs is 1. The molecule has 1 saturated heterocycles. The Labute approximate surface area is 99.3 Å². The molecule has 3 rings (SSSR count). The number of alkyl halides is 1. The van der Waals surface area contributed by atoms with Crippen molar-refractivity contribution >= 4 is 11.3 Å². The zero-order chi connectivity index (χ0) is 11.0. The Balaban J connectivity index is 1.85. The highest BCUT2D eigenvalue weighted by molar-refractivity contribution is 7.11. The van der Waals surface area contributed by atoms with E-state index >= 15 is 0 Å². The Kier molecular flexibility index (Phi) is 2.94. The molecule has 4 heteroatoms. The maximum atomic E-state index is 13.7. The Morgan fingerprint density at radius 3 is 2.81 bits per heavy atom. The van der Waals surface area contributed by atoms with Crippen LogP contribution < -0.4 is 5.32 Å². The van der Waals surface area contributed by atoms with E-state index in [1.807, 2.05) is 0 Å². The number of aromatic nitrogens is 1. The van der Waals surface area contributed by atoms with Crippen molar-refractivity contribution in [2.45, 2.75) is 44.2 Å². The van der Waals surface area contributed by atoms with Crippen LogP contribution in [0.1, 0.15) is 53.4 Å². The fraction of sp³-hybridized carbons (Fsp3) is 0.750. The van der Waals surface area contributed by atoms with Crippen molar-refractivity contribution in [3.05, 3.63) is 15.6 Å². The number of nitrogens with one attached hydrogen (secondary N) is 1. The summed E-state index contributed by atoms with van der Waals surface area (Å²) in [4.78, 5) is 5.61. The second-order valence-corrected chi connectivity index (χ2v) is 5.81. The van der Waals surface area contributed by atoms with Gasteiger partial charge in [0.2, 0.25) is 0 Å². The molecule has 1 aromatic rings. The van der Waals surface area contributed by atoms with Gasteiger partial charge in [-0.05, 0) is 45.2 Å². The second kappa shape index (κ2) is 4.41. The lowest BCUT2D eigenvalue weighted by Crippen LogP contribution is -2.26. The van der Waals surface area contributed by atoms with Crippen molar-refractivity contribution in [2.24, 2.45) is 0 Å². The van der Waals surface area contributed by atoms with Gasteiger partial charge >= 0.3 is 0 Å². The van der Waals surface area contributed by atoms with E-state index < -0.39 is 6.17 Å². The number of hydrogen-bond acceptors (Lipinski definition) is 3. The summed E-state index contributed by atoms with van der Waals surface area (Å²) in [5, 5.41) is 4.55. The zero-order valence-corrected chi connectivity index (χ0v) is 10.2. The van der Waals surface area contributed by atoms with Gasteiger partial charge in [0.15, 0.2) is 0 Å². The van der Waals surface area contributed by atoms with Crippen LogP contribution in [0, 0.1) is 0 Å². The van der Waals surface area contributed by atoms with Gasteiger partial charge in [-0.15, -0.1) is 11.3 Å². The van der Waals surface area contributed by atoms with Crippen LogP contribution in [0.15, 0.2) is 0 Å². The van der Waals surface area contributed by atoms with Crippen molar-refractivity contribution in [3.63, 3.8) is 0 Å². The topological polar surface area (TPSA) is 24.9 Å². The summed E-state index contributed by atoms with van der Waals surface area (Å²) in [7, 11) is 0. The molecule has 1 N–H and O–H groups in total. The summed E-state index contributed by atoms with van der Waals surface area (Å²) in [6, 6.07) is 0. The number of aryl methyl sites for hydroxylation is 1. The molecule has 1 aliphatic carbocycles. The van der Waals surface area contributed by atoms with Crippen LogP contribution in [0.25, 0.3) is 0 Å². The molecule has 2 nitrogen and oxygen atoms in total. The summed E-state index contributed by atoms with van der Waals surface area (Å²) < 4.78 is 13.7. The lowest BCUT2D eigenvalue weighted by atomic mass is 9.98. The van der Waals surface area contributed by atoms with E-state index in [0.29, 0.717) is 12.3 Å². The van der Waals surface area contributed by atoms with Gasteiger partial charge in [0.25, 0.3) is 0 Å². The summed E-state index contributed by atoms with van der Waals surface area (Å²) in [6.07, 6.45) is 4.21. The number of hydrogen-bond donors (Lipinski definition) is 1. The minimum absolute atomic E-state index is 0.573. The van der Waals surface area contributed by atoms with E-state index in [1.54, 1.807) is 11.3 Å². The van der Waals surface area contributed by atoms with Crippen molar-refractivity contribution in [3.8, 4) is 0 Å². The van der Waals surface area contributed by atoms with Crippen LogP contribution in [0.3, 0.4) is 0 Å². The second-order valence-electron chi connectivity index (χ2n) is 4.75. The van der Waals surface area contributed by atoms with E-state index in [1.165, 1.54) is 5.01 Å². The zero-order valence-electron chi connectivity index (χ0n) is 9.34. The van der Waals surface area contributed by atoms with Crippen LogP contribution >= 0.6 is 11.3 Å². The molecule has 0 saturated carbocycles. The molecular formula is C12H17FN2S. The molecule has 1 aliphatic heterocycles. The molecule has 0 radical (unpaired) electrons. The van der Waals surface area contributed by atoms with Crippen LogP contribution in [-0.4, -0.2) is 18.1 Å². The monoisotopic (exact) mass is 240 g/mol. The van der Waals surface area contributed by atoms with Gasteiger partial charge in [0.1, 0.15) is 6.17 Å². The number of halogens is 1. The summed E-state index contributed by atoms with van der Waals surface area (Å²) >= 11 is 1.64. The average molecular weight is 240 g/mol. The Bertz CT molecular complexity index is 371. The first-order valence-corrected chi connectivity index (χ1v) is 7.00. The SMILES string of the molecule is FC1CCCc2nc(C3CCNCC3)sc21. The van der Waals surface area contributed by atoms with Gasteiger partial charge < -0.3 is 5.32 Å². The predicted molar refractivity (Wildman–Crippen MR) is 63.7 cm³/mol. The van der Waals surface area contributed by atoms with Gasteiger partial charge in [0, 0.05) is 5.92 Å². The van der Waals surface area contributed by atoms with E-state index in [0.717, 1.165) is 49.3 Å². The highest BCUT2D eigenvalue weighted by Crippen LogP contribution is 2.40. The maximum absolute atomic E-state index is 13.7. The molecule has 1 atom stereocenters. The smallest absolute Gasteiger partial charge is 0.136 e. The number of rotatable bonds is 1. The Morgan fingerprint density at radius 2 is 2.06 bits per heavy atom.